The van der Waals surface area contributed by atoms with Gasteiger partial charge in [0.25, 0.3) is 0 Å². The molecule has 2 rings (SSSR count). The molecule has 1 aliphatic rings. The highest BCUT2D eigenvalue weighted by molar-refractivity contribution is 5.39. The minimum Gasteiger partial charge on any atom is -0.356 e. The van der Waals surface area contributed by atoms with E-state index in [9.17, 15) is 0 Å². The number of hydrogen-bond acceptors (Lipinski definition) is 3. The zero-order chi connectivity index (χ0) is 12.8. The number of anilines is 1. The molecule has 0 aromatic carbocycles. The quantitative estimate of drug-likeness (QED) is 0.811. The molecule has 2 heterocycles. The van der Waals surface area contributed by atoms with E-state index in [0.29, 0.717) is 0 Å². The molecule has 0 aliphatic carbocycles. The second-order valence-electron chi connectivity index (χ2n) is 5.36. The number of nitrogens with zero attached hydrogens (tertiary/aromatic N) is 2. The Morgan fingerprint density at radius 1 is 1.44 bits per heavy atom. The molecule has 1 unspecified atom stereocenters. The molecule has 1 N–H and O–H groups in total. The van der Waals surface area contributed by atoms with Crippen molar-refractivity contribution in [1.82, 2.24) is 10.3 Å². The summed E-state index contributed by atoms with van der Waals surface area (Å²) < 4.78 is 0. The minimum absolute atomic E-state index is 0.794. The van der Waals surface area contributed by atoms with Crippen molar-refractivity contribution in [1.29, 1.82) is 0 Å². The first kappa shape index (κ1) is 13.3. The van der Waals surface area contributed by atoms with E-state index in [4.69, 9.17) is 4.98 Å². The van der Waals surface area contributed by atoms with Gasteiger partial charge < -0.3 is 10.2 Å². The van der Waals surface area contributed by atoms with Gasteiger partial charge in [0.1, 0.15) is 5.82 Å². The molecule has 3 heteroatoms. The van der Waals surface area contributed by atoms with E-state index in [1.54, 1.807) is 0 Å². The first-order valence-electron chi connectivity index (χ1n) is 7.21. The molecule has 0 saturated carbocycles. The van der Waals surface area contributed by atoms with Crippen LogP contribution < -0.4 is 10.2 Å². The summed E-state index contributed by atoms with van der Waals surface area (Å²) in [5, 5.41) is 3.41. The molecule has 0 radical (unpaired) electrons. The Labute approximate surface area is 111 Å². The van der Waals surface area contributed by atoms with Gasteiger partial charge >= 0.3 is 0 Å². The van der Waals surface area contributed by atoms with Crippen molar-refractivity contribution < 1.29 is 0 Å². The fourth-order valence-corrected chi connectivity index (χ4v) is 2.53. The Bertz CT molecular complexity index is 365. The van der Waals surface area contributed by atoms with Gasteiger partial charge in [0.2, 0.25) is 0 Å². The van der Waals surface area contributed by atoms with Gasteiger partial charge in [0, 0.05) is 19.6 Å². The Balaban J connectivity index is 1.97. The van der Waals surface area contributed by atoms with Gasteiger partial charge in [-0.1, -0.05) is 19.9 Å². The summed E-state index contributed by atoms with van der Waals surface area (Å²) in [6.45, 7) is 8.77. The van der Waals surface area contributed by atoms with Gasteiger partial charge in [0.05, 0.1) is 5.69 Å². The summed E-state index contributed by atoms with van der Waals surface area (Å²) in [7, 11) is 0. The summed E-state index contributed by atoms with van der Waals surface area (Å²) in [5.41, 5.74) is 1.15. The smallest absolute Gasteiger partial charge is 0.128 e. The van der Waals surface area contributed by atoms with Crippen LogP contribution in [-0.2, 0) is 6.54 Å². The zero-order valence-electron chi connectivity index (χ0n) is 11.7. The number of nitrogens with one attached hydrogen (secondary N) is 1. The largest absolute Gasteiger partial charge is 0.356 e. The third kappa shape index (κ3) is 3.70. The fraction of sp³-hybridized carbons (Fsp3) is 0.667. The molecule has 100 valence electrons. The Morgan fingerprint density at radius 3 is 3.11 bits per heavy atom. The number of pyridine rings is 1. The average molecular weight is 247 g/mol. The summed E-state index contributed by atoms with van der Waals surface area (Å²) in [5.74, 6) is 1.94. The maximum absolute atomic E-state index is 4.77. The molecular weight excluding hydrogens is 222 g/mol. The second kappa shape index (κ2) is 6.74. The molecule has 1 aromatic heterocycles. The topological polar surface area (TPSA) is 28.2 Å². The van der Waals surface area contributed by atoms with E-state index >= 15 is 0 Å². The number of rotatable bonds is 5. The summed E-state index contributed by atoms with van der Waals surface area (Å²) in [4.78, 5) is 7.19. The molecule has 1 aromatic rings. The highest BCUT2D eigenvalue weighted by atomic mass is 15.2. The minimum atomic E-state index is 0.794. The lowest BCUT2D eigenvalue weighted by Gasteiger charge is -2.32. The molecule has 1 atom stereocenters. The first-order valence-corrected chi connectivity index (χ1v) is 7.21. The van der Waals surface area contributed by atoms with Crippen LogP contribution in [0.25, 0.3) is 0 Å². The summed E-state index contributed by atoms with van der Waals surface area (Å²) >= 11 is 0. The highest BCUT2D eigenvalue weighted by Gasteiger charge is 2.17. The molecule has 1 aliphatic heterocycles. The van der Waals surface area contributed by atoms with Gasteiger partial charge in [-0.3, -0.25) is 0 Å². The van der Waals surface area contributed by atoms with E-state index < -0.39 is 0 Å². The predicted octanol–water partition coefficient (Wildman–Crippen LogP) is 2.82. The second-order valence-corrected chi connectivity index (χ2v) is 5.36. The predicted molar refractivity (Wildman–Crippen MR) is 76.8 cm³/mol. The highest BCUT2D eigenvalue weighted by Crippen LogP contribution is 2.21. The van der Waals surface area contributed by atoms with Crippen molar-refractivity contribution in [2.24, 2.45) is 5.92 Å². The number of hydrogen-bond donors (Lipinski definition) is 1. The normalized spacial score (nSPS) is 20.1. The fourth-order valence-electron chi connectivity index (χ4n) is 2.53. The van der Waals surface area contributed by atoms with Gasteiger partial charge in [-0.25, -0.2) is 4.98 Å². The Morgan fingerprint density at radius 2 is 2.33 bits per heavy atom. The van der Waals surface area contributed by atoms with Crippen LogP contribution >= 0.6 is 0 Å². The van der Waals surface area contributed by atoms with Gasteiger partial charge in [-0.15, -0.1) is 0 Å². The molecule has 18 heavy (non-hydrogen) atoms. The van der Waals surface area contributed by atoms with E-state index in [1.807, 2.05) is 0 Å². The van der Waals surface area contributed by atoms with Crippen LogP contribution in [-0.4, -0.2) is 24.6 Å². The molecule has 1 saturated heterocycles. The van der Waals surface area contributed by atoms with Crippen LogP contribution in [0.2, 0.25) is 0 Å². The third-order valence-electron chi connectivity index (χ3n) is 3.51. The van der Waals surface area contributed by atoms with Crippen molar-refractivity contribution in [3.05, 3.63) is 23.9 Å². The molecule has 1 fully saturated rings. The van der Waals surface area contributed by atoms with Crippen molar-refractivity contribution in [3.63, 3.8) is 0 Å². The van der Waals surface area contributed by atoms with E-state index in [-0.39, 0.29) is 0 Å². The van der Waals surface area contributed by atoms with Crippen LogP contribution in [0.1, 0.15) is 38.8 Å². The average Bonchev–Trinajstić information content (AvgIpc) is 2.39. The van der Waals surface area contributed by atoms with Gasteiger partial charge in [-0.2, -0.15) is 0 Å². The van der Waals surface area contributed by atoms with Gasteiger partial charge in [0.15, 0.2) is 0 Å². The van der Waals surface area contributed by atoms with E-state index in [2.05, 4.69) is 42.3 Å². The number of aromatic nitrogens is 1. The maximum Gasteiger partial charge on any atom is 0.128 e. The van der Waals surface area contributed by atoms with Crippen LogP contribution in [0, 0.1) is 5.92 Å². The first-order chi connectivity index (χ1) is 8.79. The van der Waals surface area contributed by atoms with Crippen LogP contribution in [0.15, 0.2) is 18.2 Å². The summed E-state index contributed by atoms with van der Waals surface area (Å²) in [6, 6.07) is 6.38. The molecule has 0 spiro atoms. The van der Waals surface area contributed by atoms with Crippen molar-refractivity contribution in [2.45, 2.75) is 39.7 Å². The zero-order valence-corrected chi connectivity index (χ0v) is 11.7. The number of piperidine rings is 1. The Hall–Kier alpha value is -1.09. The van der Waals surface area contributed by atoms with Crippen molar-refractivity contribution >= 4 is 5.82 Å². The van der Waals surface area contributed by atoms with Crippen molar-refractivity contribution in [3.8, 4) is 0 Å². The van der Waals surface area contributed by atoms with Gasteiger partial charge in [-0.05, 0) is 43.9 Å². The molecule has 3 nitrogen and oxygen atoms in total. The lowest BCUT2D eigenvalue weighted by molar-refractivity contribution is 0.444. The monoisotopic (exact) mass is 247 g/mol. The van der Waals surface area contributed by atoms with Crippen LogP contribution in [0.5, 0.6) is 0 Å². The third-order valence-corrected chi connectivity index (χ3v) is 3.51. The molecular formula is C15H25N3. The lowest BCUT2D eigenvalue weighted by Crippen LogP contribution is -2.35. The standard InChI is InChI=1S/C15H25N3/c1-3-9-16-11-14-7-4-8-15(17-14)18-10-5-6-13(2)12-18/h4,7-8,13,16H,3,5-6,9-12H2,1-2H3. The lowest BCUT2D eigenvalue weighted by atomic mass is 10.0. The van der Waals surface area contributed by atoms with Crippen LogP contribution in [0.3, 0.4) is 0 Å². The van der Waals surface area contributed by atoms with E-state index in [0.717, 1.165) is 43.6 Å². The molecule has 0 bridgehead atoms. The molecule has 0 amide bonds. The van der Waals surface area contributed by atoms with Crippen LogP contribution in [0.4, 0.5) is 5.82 Å². The summed E-state index contributed by atoms with van der Waals surface area (Å²) in [6.07, 6.45) is 3.82. The maximum atomic E-state index is 4.77. The Kier molecular flexibility index (Phi) is 5.00. The SMILES string of the molecule is CCCNCc1cccc(N2CCCC(C)C2)n1. The van der Waals surface area contributed by atoms with Crippen molar-refractivity contribution in [2.75, 3.05) is 24.5 Å². The van der Waals surface area contributed by atoms with E-state index in [1.165, 1.54) is 19.3 Å².